The Morgan fingerprint density at radius 3 is 2.06 bits per heavy atom. The fourth-order valence-corrected chi connectivity index (χ4v) is 7.80. The van der Waals surface area contributed by atoms with E-state index in [2.05, 4.69) is 11.2 Å². The first-order valence-electron chi connectivity index (χ1n) is 22.4. The van der Waals surface area contributed by atoms with E-state index in [0.29, 0.717) is 39.1 Å². The second-order valence-electron chi connectivity index (χ2n) is 18.5. The van der Waals surface area contributed by atoms with Crippen molar-refractivity contribution in [2.75, 3.05) is 52.8 Å². The van der Waals surface area contributed by atoms with Crippen LogP contribution in [0, 0.1) is 36.0 Å². The molecule has 2 amide bonds. The van der Waals surface area contributed by atoms with Crippen LogP contribution in [0.2, 0.25) is 0 Å². The molecule has 2 aliphatic heterocycles. The molecule has 13 nitrogen and oxygen atoms in total. The maximum atomic E-state index is 15.2. The Morgan fingerprint density at radius 2 is 1.49 bits per heavy atom. The van der Waals surface area contributed by atoms with Crippen LogP contribution in [0.15, 0.2) is 60.7 Å². The molecule has 2 saturated heterocycles. The smallest absolute Gasteiger partial charge is 0.339 e. The number of rotatable bonds is 27. The molecule has 0 aliphatic carbocycles. The minimum Gasteiger partial charge on any atom is -0.442 e. The summed E-state index contributed by atoms with van der Waals surface area (Å²) in [6.45, 7) is 14.3. The molecule has 13 heteroatoms. The average molecular weight is 872 g/mol. The molecule has 2 aromatic carbocycles. The molecule has 5 atom stereocenters. The number of carbonyl (C=O) groups is 6. The van der Waals surface area contributed by atoms with Crippen LogP contribution in [0.5, 0.6) is 0 Å². The molecule has 0 spiro atoms. The minimum absolute atomic E-state index is 0.0750. The third-order valence-electron chi connectivity index (χ3n) is 11.6. The van der Waals surface area contributed by atoms with Gasteiger partial charge in [0.2, 0.25) is 11.8 Å². The Balaban J connectivity index is 1.72. The lowest BCUT2D eigenvalue weighted by atomic mass is 9.86. The van der Waals surface area contributed by atoms with Gasteiger partial charge in [0.1, 0.15) is 18.0 Å². The van der Waals surface area contributed by atoms with Gasteiger partial charge in [0.05, 0.1) is 38.4 Å². The first kappa shape index (κ1) is 50.9. The number of ketones is 3. The van der Waals surface area contributed by atoms with Crippen molar-refractivity contribution in [3.05, 3.63) is 71.8 Å². The summed E-state index contributed by atoms with van der Waals surface area (Å²) >= 11 is 0. The van der Waals surface area contributed by atoms with Crippen LogP contribution in [-0.2, 0) is 60.6 Å². The van der Waals surface area contributed by atoms with Crippen molar-refractivity contribution in [3.8, 4) is 12.3 Å². The van der Waals surface area contributed by atoms with Crippen molar-refractivity contribution >= 4 is 35.1 Å². The van der Waals surface area contributed by atoms with Gasteiger partial charge in [0, 0.05) is 37.8 Å². The lowest BCUT2D eigenvalue weighted by molar-refractivity contribution is -0.176. The van der Waals surface area contributed by atoms with Gasteiger partial charge in [-0.05, 0) is 75.8 Å². The third kappa shape index (κ3) is 16.4. The molecule has 0 saturated carbocycles. The number of carbonyl (C=O) groups excluding carboxylic acids is 6. The topological polar surface area (TPSA) is 161 Å². The van der Waals surface area contributed by atoms with Crippen molar-refractivity contribution in [1.29, 1.82) is 0 Å². The predicted octanol–water partition coefficient (Wildman–Crippen LogP) is 5.41. The normalized spacial score (nSPS) is 18.4. The molecule has 4 rings (SSSR count). The van der Waals surface area contributed by atoms with E-state index < -0.39 is 65.4 Å². The van der Waals surface area contributed by atoms with Gasteiger partial charge < -0.3 is 24.3 Å². The van der Waals surface area contributed by atoms with Gasteiger partial charge in [-0.2, -0.15) is 0 Å². The molecular weight excluding hydrogens is 803 g/mol. The number of hydrogen-bond donors (Lipinski definition) is 1. The highest BCUT2D eigenvalue weighted by Crippen LogP contribution is 2.31. The summed E-state index contributed by atoms with van der Waals surface area (Å²) in [5.74, 6) is -2.05. The van der Waals surface area contributed by atoms with Gasteiger partial charge in [0.15, 0.2) is 23.9 Å². The minimum atomic E-state index is -1.48. The molecular formula is C50H69N3O10. The zero-order valence-corrected chi connectivity index (χ0v) is 38.4. The maximum Gasteiger partial charge on any atom is 0.339 e. The van der Waals surface area contributed by atoms with Crippen molar-refractivity contribution < 1.29 is 47.7 Å². The van der Waals surface area contributed by atoms with E-state index in [-0.39, 0.29) is 75.3 Å². The summed E-state index contributed by atoms with van der Waals surface area (Å²) < 4.78 is 22.4. The number of amides is 2. The van der Waals surface area contributed by atoms with Crippen molar-refractivity contribution in [3.63, 3.8) is 0 Å². The number of Topliss-reactive ketones (excluding diaryl/α,β-unsaturated/α-hetero) is 3. The zero-order chi connectivity index (χ0) is 46.2. The number of nitrogens with one attached hydrogen (secondary N) is 1. The molecule has 1 N–H and O–H groups in total. The van der Waals surface area contributed by atoms with E-state index >= 15 is 9.59 Å². The van der Waals surface area contributed by atoms with Gasteiger partial charge in [-0.3, -0.25) is 33.8 Å². The van der Waals surface area contributed by atoms with Crippen molar-refractivity contribution in [1.82, 2.24) is 15.1 Å². The quantitative estimate of drug-likeness (QED) is 0.0530. The molecule has 2 heterocycles. The van der Waals surface area contributed by atoms with Crippen LogP contribution in [0.4, 0.5) is 0 Å². The van der Waals surface area contributed by atoms with E-state index in [4.69, 9.17) is 25.4 Å². The van der Waals surface area contributed by atoms with E-state index in [9.17, 15) is 19.2 Å². The second kappa shape index (κ2) is 24.4. The first-order chi connectivity index (χ1) is 29.9. The van der Waals surface area contributed by atoms with Crippen molar-refractivity contribution in [2.45, 2.75) is 117 Å². The van der Waals surface area contributed by atoms with Crippen LogP contribution in [0.25, 0.3) is 0 Å². The van der Waals surface area contributed by atoms with Crippen LogP contribution in [0.1, 0.15) is 91.7 Å². The largest absolute Gasteiger partial charge is 0.442 e. The Hall–Kier alpha value is -4.74. The SMILES string of the molecule is C#CCOC(C)(C)C(=O)OCN(C(=O)[C@H](CCc1ccccc1)CC(=O)CN1CCOCC1)[C@@H](CC(C)C)C(=O)C[C@@H](Cc1ccccc1)C(=O)N[C@@H](CC(C)C)C(=O)[C@@]1(C)CO1. The molecule has 0 radical (unpaired) electrons. The lowest BCUT2D eigenvalue weighted by Gasteiger charge is -2.36. The fourth-order valence-electron chi connectivity index (χ4n) is 7.80. The number of terminal acetylenes is 1. The molecule has 2 fully saturated rings. The fraction of sp³-hybridized carbons (Fsp3) is 0.600. The molecule has 2 aromatic rings. The molecule has 0 bridgehead atoms. The Kier molecular flexibility index (Phi) is 19.7. The number of benzene rings is 2. The van der Waals surface area contributed by atoms with E-state index in [0.717, 1.165) is 11.1 Å². The maximum absolute atomic E-state index is 15.2. The molecule has 63 heavy (non-hydrogen) atoms. The van der Waals surface area contributed by atoms with Crippen LogP contribution in [0.3, 0.4) is 0 Å². The number of hydrogen-bond acceptors (Lipinski definition) is 11. The number of morpholine rings is 1. The van der Waals surface area contributed by atoms with E-state index in [1.807, 2.05) is 93.3 Å². The van der Waals surface area contributed by atoms with Gasteiger partial charge in [-0.15, -0.1) is 6.42 Å². The van der Waals surface area contributed by atoms with E-state index in [1.165, 1.54) is 18.7 Å². The average Bonchev–Trinajstić information content (AvgIpc) is 4.01. The Labute approximate surface area is 374 Å². The zero-order valence-electron chi connectivity index (χ0n) is 38.4. The second-order valence-corrected chi connectivity index (χ2v) is 18.5. The summed E-state index contributed by atoms with van der Waals surface area (Å²) in [6.07, 6.45) is 6.53. The summed E-state index contributed by atoms with van der Waals surface area (Å²) in [4.78, 5) is 88.9. The third-order valence-corrected chi connectivity index (χ3v) is 11.6. The highest BCUT2D eigenvalue weighted by Gasteiger charge is 2.50. The number of nitrogens with zero attached hydrogens (tertiary/aromatic N) is 2. The first-order valence-corrected chi connectivity index (χ1v) is 22.4. The summed E-state index contributed by atoms with van der Waals surface area (Å²) in [7, 11) is 0. The molecule has 0 aromatic heterocycles. The summed E-state index contributed by atoms with van der Waals surface area (Å²) in [5, 5.41) is 2.98. The summed E-state index contributed by atoms with van der Waals surface area (Å²) in [5.41, 5.74) is -0.669. The Bertz CT molecular complexity index is 1860. The van der Waals surface area contributed by atoms with Gasteiger partial charge >= 0.3 is 5.97 Å². The Morgan fingerprint density at radius 1 is 0.889 bits per heavy atom. The van der Waals surface area contributed by atoms with Crippen LogP contribution < -0.4 is 5.32 Å². The van der Waals surface area contributed by atoms with Crippen LogP contribution in [-0.4, -0.2) is 121 Å². The van der Waals surface area contributed by atoms with Gasteiger partial charge in [0.25, 0.3) is 0 Å². The monoisotopic (exact) mass is 871 g/mol. The highest BCUT2D eigenvalue weighted by molar-refractivity contribution is 5.98. The van der Waals surface area contributed by atoms with Gasteiger partial charge in [-0.25, -0.2) is 4.79 Å². The van der Waals surface area contributed by atoms with Crippen LogP contribution >= 0.6 is 0 Å². The number of aryl methyl sites for hydroxylation is 1. The number of ether oxygens (including phenoxy) is 4. The molecule has 0 unspecified atom stereocenters. The lowest BCUT2D eigenvalue weighted by Crippen LogP contribution is -2.52. The van der Waals surface area contributed by atoms with Crippen molar-refractivity contribution in [2.24, 2.45) is 23.7 Å². The molecule has 2 aliphatic rings. The van der Waals surface area contributed by atoms with E-state index in [1.54, 1.807) is 6.92 Å². The number of esters is 1. The predicted molar refractivity (Wildman–Crippen MR) is 239 cm³/mol. The number of epoxide rings is 1. The van der Waals surface area contributed by atoms with Gasteiger partial charge in [-0.1, -0.05) is 94.3 Å². The molecule has 344 valence electrons. The standard InChI is InChI=1S/C50H69N3O10/c1-9-24-62-49(6,7)48(59)61-34-53(47(58)39(21-20-37-16-12-10-13-17-37)30-41(54)32-52-22-25-60-26-23-52)43(28-36(4)5)44(55)31-40(29-38-18-14-11-15-19-38)46(57)51-42(27-35(2)3)45(56)50(8)33-63-50/h1,10-19,35-36,39-40,42-43H,20-34H2,2-8H3,(H,51,57)/t39-,40-,42+,43+,50-/m1/s1. The summed E-state index contributed by atoms with van der Waals surface area (Å²) in [6, 6.07) is 17.0. The highest BCUT2D eigenvalue weighted by atomic mass is 16.6.